The number of hydrazine groups is 1. The number of ether oxygens (including phenoxy) is 1. The minimum Gasteiger partial charge on any atom is -0.494 e. The van der Waals surface area contributed by atoms with Gasteiger partial charge in [0.15, 0.2) is 0 Å². The van der Waals surface area contributed by atoms with Crippen LogP contribution in [0.25, 0.3) is 11.0 Å². The molecule has 0 aliphatic heterocycles. The highest BCUT2D eigenvalue weighted by Gasteiger charge is 2.14. The molecule has 27 heavy (non-hydrogen) atoms. The lowest BCUT2D eigenvalue weighted by atomic mass is 10.2. The zero-order valence-electron chi connectivity index (χ0n) is 15.1. The summed E-state index contributed by atoms with van der Waals surface area (Å²) in [6.07, 6.45) is 0. The van der Waals surface area contributed by atoms with E-state index in [0.717, 1.165) is 5.52 Å². The number of fused-ring (bicyclic) bond motifs is 1. The van der Waals surface area contributed by atoms with Gasteiger partial charge < -0.3 is 4.74 Å². The van der Waals surface area contributed by atoms with E-state index in [-0.39, 0.29) is 12.2 Å². The molecule has 2 aromatic carbocycles. The van der Waals surface area contributed by atoms with Crippen molar-refractivity contribution in [3.05, 3.63) is 64.6 Å². The average Bonchev–Trinajstić information content (AvgIpc) is 2.92. The van der Waals surface area contributed by atoms with E-state index in [0.29, 0.717) is 23.4 Å². The Bertz CT molecular complexity index is 1030. The fourth-order valence-electron chi connectivity index (χ4n) is 2.77. The number of imidazole rings is 1. The van der Waals surface area contributed by atoms with Gasteiger partial charge in [0, 0.05) is 12.6 Å². The van der Waals surface area contributed by atoms with Gasteiger partial charge in [-0.05, 0) is 43.3 Å². The first kappa shape index (κ1) is 18.2. The predicted molar refractivity (Wildman–Crippen MR) is 100 cm³/mol. The van der Waals surface area contributed by atoms with Crippen molar-refractivity contribution in [2.24, 2.45) is 7.05 Å². The van der Waals surface area contributed by atoms with Crippen molar-refractivity contribution in [2.75, 3.05) is 6.61 Å². The highest BCUT2D eigenvalue weighted by atomic mass is 16.5. The van der Waals surface area contributed by atoms with E-state index in [1.807, 2.05) is 13.0 Å². The molecule has 0 spiro atoms. The number of carbonyl (C=O) groups excluding carboxylic acids is 2. The number of benzene rings is 2. The van der Waals surface area contributed by atoms with E-state index < -0.39 is 11.8 Å². The number of nitrogens with zero attached hydrogens (tertiary/aromatic N) is 2. The number of aryl methyl sites for hydroxylation is 1. The first-order chi connectivity index (χ1) is 13.0. The van der Waals surface area contributed by atoms with Gasteiger partial charge in [-0.25, -0.2) is 4.79 Å². The number of carbonyl (C=O) groups is 2. The maximum absolute atomic E-state index is 12.3. The molecule has 2 N–H and O–H groups in total. The number of nitrogens with one attached hydrogen (secondary N) is 2. The zero-order valence-corrected chi connectivity index (χ0v) is 15.1. The lowest BCUT2D eigenvalue weighted by molar-refractivity contribution is -0.122. The van der Waals surface area contributed by atoms with Crippen molar-refractivity contribution in [1.29, 1.82) is 0 Å². The Morgan fingerprint density at radius 1 is 1.00 bits per heavy atom. The van der Waals surface area contributed by atoms with E-state index in [1.165, 1.54) is 9.13 Å². The van der Waals surface area contributed by atoms with Gasteiger partial charge in [-0.1, -0.05) is 12.1 Å². The van der Waals surface area contributed by atoms with Gasteiger partial charge in [0.2, 0.25) is 0 Å². The van der Waals surface area contributed by atoms with E-state index >= 15 is 0 Å². The quantitative estimate of drug-likeness (QED) is 0.662. The summed E-state index contributed by atoms with van der Waals surface area (Å²) in [5.74, 6) is -0.308. The lowest BCUT2D eigenvalue weighted by Gasteiger charge is -2.09. The van der Waals surface area contributed by atoms with E-state index in [4.69, 9.17) is 4.74 Å². The molecule has 0 bridgehead atoms. The summed E-state index contributed by atoms with van der Waals surface area (Å²) in [6.45, 7) is 2.20. The van der Waals surface area contributed by atoms with Crippen LogP contribution in [-0.2, 0) is 18.4 Å². The van der Waals surface area contributed by atoms with Crippen molar-refractivity contribution >= 4 is 22.8 Å². The molecular weight excluding hydrogens is 348 g/mol. The molecule has 0 aliphatic carbocycles. The van der Waals surface area contributed by atoms with Crippen molar-refractivity contribution in [1.82, 2.24) is 20.0 Å². The zero-order chi connectivity index (χ0) is 19.4. The minimum absolute atomic E-state index is 0.205. The lowest BCUT2D eigenvalue weighted by Crippen LogP contribution is -2.44. The Morgan fingerprint density at radius 3 is 2.33 bits per heavy atom. The Balaban J connectivity index is 1.64. The molecule has 1 aromatic heterocycles. The Hall–Kier alpha value is -3.55. The third kappa shape index (κ3) is 3.84. The second kappa shape index (κ2) is 7.77. The third-order valence-electron chi connectivity index (χ3n) is 4.10. The maximum atomic E-state index is 12.3. The van der Waals surface area contributed by atoms with Crippen molar-refractivity contribution in [3.8, 4) is 5.75 Å². The molecule has 8 heteroatoms. The van der Waals surface area contributed by atoms with E-state index in [1.54, 1.807) is 49.5 Å². The molecule has 0 atom stereocenters. The highest BCUT2D eigenvalue weighted by molar-refractivity contribution is 5.95. The molecule has 2 amide bonds. The number of hydrogen-bond acceptors (Lipinski definition) is 4. The standard InChI is InChI=1S/C19H20N4O4/c1-3-27-14-10-8-13(9-11-14)18(25)21-20-17(24)12-23-16-7-5-4-6-15(16)22(2)19(23)26/h4-11H,3,12H2,1-2H3,(H,20,24)(H,21,25). The fourth-order valence-corrected chi connectivity index (χ4v) is 2.77. The van der Waals surface area contributed by atoms with Crippen molar-refractivity contribution < 1.29 is 14.3 Å². The molecular formula is C19H20N4O4. The third-order valence-corrected chi connectivity index (χ3v) is 4.10. The first-order valence-electron chi connectivity index (χ1n) is 8.47. The van der Waals surface area contributed by atoms with Gasteiger partial charge in [-0.2, -0.15) is 0 Å². The van der Waals surface area contributed by atoms with Gasteiger partial charge in [-0.3, -0.25) is 29.6 Å². The van der Waals surface area contributed by atoms with Crippen LogP contribution < -0.4 is 21.3 Å². The Kier molecular flexibility index (Phi) is 5.25. The average molecular weight is 368 g/mol. The number of amides is 2. The van der Waals surface area contributed by atoms with Crippen LogP contribution in [0.3, 0.4) is 0 Å². The summed E-state index contributed by atoms with van der Waals surface area (Å²) in [5.41, 5.74) is 6.13. The maximum Gasteiger partial charge on any atom is 0.329 e. The van der Waals surface area contributed by atoms with Crippen LogP contribution in [0.5, 0.6) is 5.75 Å². The summed E-state index contributed by atoms with van der Waals surface area (Å²) in [7, 11) is 1.65. The van der Waals surface area contributed by atoms with Crippen LogP contribution in [0.1, 0.15) is 17.3 Å². The topological polar surface area (TPSA) is 94.4 Å². The smallest absolute Gasteiger partial charge is 0.329 e. The molecule has 0 aliphatic rings. The van der Waals surface area contributed by atoms with Gasteiger partial charge >= 0.3 is 5.69 Å². The number of aromatic nitrogens is 2. The molecule has 0 fully saturated rings. The fraction of sp³-hybridized carbons (Fsp3) is 0.211. The molecule has 8 nitrogen and oxygen atoms in total. The molecule has 3 rings (SSSR count). The normalized spacial score (nSPS) is 10.6. The van der Waals surface area contributed by atoms with Crippen LogP contribution >= 0.6 is 0 Å². The number of rotatable bonds is 5. The van der Waals surface area contributed by atoms with Gasteiger partial charge in [0.05, 0.1) is 17.6 Å². The highest BCUT2D eigenvalue weighted by Crippen LogP contribution is 2.12. The molecule has 0 saturated heterocycles. The van der Waals surface area contributed by atoms with Crippen molar-refractivity contribution in [3.63, 3.8) is 0 Å². The first-order valence-corrected chi connectivity index (χ1v) is 8.47. The summed E-state index contributed by atoms with van der Waals surface area (Å²) >= 11 is 0. The van der Waals surface area contributed by atoms with Gasteiger partial charge in [0.1, 0.15) is 12.3 Å². The van der Waals surface area contributed by atoms with Crippen LogP contribution in [0, 0.1) is 0 Å². The monoisotopic (exact) mass is 368 g/mol. The summed E-state index contributed by atoms with van der Waals surface area (Å²) in [4.78, 5) is 36.6. The molecule has 1 heterocycles. The largest absolute Gasteiger partial charge is 0.494 e. The predicted octanol–water partition coefficient (Wildman–Crippen LogP) is 1.20. The second-order valence-corrected chi connectivity index (χ2v) is 5.88. The molecule has 3 aromatic rings. The number of hydrogen-bond donors (Lipinski definition) is 2. The summed E-state index contributed by atoms with van der Waals surface area (Å²) in [5, 5.41) is 0. The van der Waals surface area contributed by atoms with E-state index in [9.17, 15) is 14.4 Å². The molecule has 0 unspecified atom stereocenters. The Labute approximate surface area is 155 Å². The SMILES string of the molecule is CCOc1ccc(C(=O)NNC(=O)Cn2c(=O)n(C)c3ccccc32)cc1. The van der Waals surface area contributed by atoms with Gasteiger partial charge in [-0.15, -0.1) is 0 Å². The second-order valence-electron chi connectivity index (χ2n) is 5.88. The van der Waals surface area contributed by atoms with Crippen LogP contribution in [-0.4, -0.2) is 27.6 Å². The molecule has 140 valence electrons. The molecule has 0 radical (unpaired) electrons. The van der Waals surface area contributed by atoms with Crippen molar-refractivity contribution in [2.45, 2.75) is 13.5 Å². The summed E-state index contributed by atoms with van der Waals surface area (Å²) in [6, 6.07) is 13.7. The minimum atomic E-state index is -0.507. The van der Waals surface area contributed by atoms with Crippen LogP contribution in [0.4, 0.5) is 0 Å². The van der Waals surface area contributed by atoms with E-state index in [2.05, 4.69) is 10.9 Å². The number of para-hydroxylation sites is 2. The van der Waals surface area contributed by atoms with Crippen LogP contribution in [0.15, 0.2) is 53.3 Å². The van der Waals surface area contributed by atoms with Crippen LogP contribution in [0.2, 0.25) is 0 Å². The summed E-state index contributed by atoms with van der Waals surface area (Å²) < 4.78 is 8.15. The molecule has 0 saturated carbocycles. The van der Waals surface area contributed by atoms with Gasteiger partial charge in [0.25, 0.3) is 11.8 Å². The Morgan fingerprint density at radius 2 is 1.67 bits per heavy atom.